The summed E-state index contributed by atoms with van der Waals surface area (Å²) in [6.07, 6.45) is 10.2. The highest BCUT2D eigenvalue weighted by Crippen LogP contribution is 2.17. The minimum atomic E-state index is -0.433. The van der Waals surface area contributed by atoms with E-state index in [2.05, 4.69) is 26.1 Å². The Bertz CT molecular complexity index is 365. The fourth-order valence-electron chi connectivity index (χ4n) is 2.97. The molecule has 0 aromatic heterocycles. The quantitative estimate of drug-likeness (QED) is 0.518. The number of unbranched alkanes of at least 4 members (excludes halogenated alkanes) is 6. The molecule has 3 unspecified atom stereocenters. The van der Waals surface area contributed by atoms with Crippen molar-refractivity contribution in [2.24, 2.45) is 0 Å². The fourth-order valence-corrected chi connectivity index (χ4v) is 2.97. The van der Waals surface area contributed by atoms with Crippen LogP contribution >= 0.6 is 0 Å². The van der Waals surface area contributed by atoms with E-state index in [9.17, 15) is 5.11 Å². The van der Waals surface area contributed by atoms with Crippen LogP contribution in [0.2, 0.25) is 0 Å². The molecule has 0 aliphatic heterocycles. The van der Waals surface area contributed by atoms with Crippen LogP contribution in [0, 0.1) is 0 Å². The third-order valence-corrected chi connectivity index (χ3v) is 4.40. The molecule has 2 nitrogen and oxygen atoms in total. The van der Waals surface area contributed by atoms with Crippen molar-refractivity contribution in [1.82, 2.24) is 5.32 Å². The molecule has 22 heavy (non-hydrogen) atoms. The number of benzene rings is 1. The lowest BCUT2D eigenvalue weighted by atomic mass is 10.0. The van der Waals surface area contributed by atoms with Crippen LogP contribution in [0.4, 0.5) is 0 Å². The van der Waals surface area contributed by atoms with Crippen molar-refractivity contribution < 1.29 is 5.11 Å². The molecule has 1 aromatic rings. The third kappa shape index (κ3) is 7.95. The van der Waals surface area contributed by atoms with Crippen molar-refractivity contribution in [3.05, 3.63) is 35.9 Å². The van der Waals surface area contributed by atoms with Gasteiger partial charge in [0, 0.05) is 12.1 Å². The highest BCUT2D eigenvalue weighted by atomic mass is 16.3. The number of hydrogen-bond donors (Lipinski definition) is 2. The molecule has 3 atom stereocenters. The van der Waals surface area contributed by atoms with E-state index in [0.29, 0.717) is 6.04 Å². The van der Waals surface area contributed by atoms with E-state index in [1.165, 1.54) is 51.4 Å². The van der Waals surface area contributed by atoms with E-state index in [-0.39, 0.29) is 6.04 Å². The van der Waals surface area contributed by atoms with Crippen LogP contribution in [0.3, 0.4) is 0 Å². The van der Waals surface area contributed by atoms with Gasteiger partial charge >= 0.3 is 0 Å². The van der Waals surface area contributed by atoms with E-state index < -0.39 is 6.10 Å². The molecule has 0 heterocycles. The van der Waals surface area contributed by atoms with Gasteiger partial charge in [0.15, 0.2) is 0 Å². The number of aliphatic hydroxyl groups is 1. The molecule has 2 N–H and O–H groups in total. The molecular weight excluding hydrogens is 270 g/mol. The lowest BCUT2D eigenvalue weighted by Crippen LogP contribution is -2.38. The number of aliphatic hydroxyl groups excluding tert-OH is 1. The highest BCUT2D eigenvalue weighted by Gasteiger charge is 2.17. The second kappa shape index (κ2) is 11.7. The van der Waals surface area contributed by atoms with Gasteiger partial charge in [0.1, 0.15) is 0 Å². The molecule has 126 valence electrons. The minimum absolute atomic E-state index is 0.0851. The molecule has 0 saturated heterocycles. The van der Waals surface area contributed by atoms with Crippen molar-refractivity contribution in [3.63, 3.8) is 0 Å². The van der Waals surface area contributed by atoms with Gasteiger partial charge in [-0.2, -0.15) is 0 Å². The van der Waals surface area contributed by atoms with Crippen molar-refractivity contribution >= 4 is 0 Å². The van der Waals surface area contributed by atoms with Crippen molar-refractivity contribution in [2.45, 2.75) is 90.3 Å². The Morgan fingerprint density at radius 3 is 2.14 bits per heavy atom. The third-order valence-electron chi connectivity index (χ3n) is 4.40. The van der Waals surface area contributed by atoms with Gasteiger partial charge in [-0.3, -0.25) is 0 Å². The van der Waals surface area contributed by atoms with Gasteiger partial charge in [-0.25, -0.2) is 0 Å². The first-order valence-electron chi connectivity index (χ1n) is 9.14. The van der Waals surface area contributed by atoms with Crippen LogP contribution in [0.15, 0.2) is 30.3 Å². The molecule has 0 amide bonds. The predicted molar refractivity (Wildman–Crippen MR) is 96.1 cm³/mol. The maximum atomic E-state index is 10.4. The van der Waals surface area contributed by atoms with Crippen molar-refractivity contribution in [3.8, 4) is 0 Å². The maximum absolute atomic E-state index is 10.4. The summed E-state index contributed by atoms with van der Waals surface area (Å²) in [5.74, 6) is 0. The molecule has 0 aliphatic carbocycles. The summed E-state index contributed by atoms with van der Waals surface area (Å²) in [7, 11) is 0. The summed E-state index contributed by atoms with van der Waals surface area (Å²) in [6, 6.07) is 10.5. The second-order valence-electron chi connectivity index (χ2n) is 6.62. The van der Waals surface area contributed by atoms with Crippen LogP contribution in [0.5, 0.6) is 0 Å². The van der Waals surface area contributed by atoms with Crippen LogP contribution in [0.1, 0.15) is 83.8 Å². The minimum Gasteiger partial charge on any atom is -0.387 e. The molecule has 0 aliphatic rings. The second-order valence-corrected chi connectivity index (χ2v) is 6.62. The maximum Gasteiger partial charge on any atom is 0.0940 e. The van der Waals surface area contributed by atoms with Gasteiger partial charge in [0.05, 0.1) is 6.10 Å². The normalized spacial score (nSPS) is 15.5. The largest absolute Gasteiger partial charge is 0.387 e. The predicted octanol–water partition coefficient (Wildman–Crippen LogP) is 5.23. The molecule has 1 rings (SSSR count). The van der Waals surface area contributed by atoms with Crippen molar-refractivity contribution in [2.75, 3.05) is 0 Å². The van der Waals surface area contributed by atoms with Gasteiger partial charge in [-0.15, -0.1) is 0 Å². The highest BCUT2D eigenvalue weighted by molar-refractivity contribution is 5.18. The topological polar surface area (TPSA) is 32.3 Å². The molecular formula is C20H35NO. The van der Waals surface area contributed by atoms with Gasteiger partial charge in [0.25, 0.3) is 0 Å². The van der Waals surface area contributed by atoms with E-state index in [1.54, 1.807) is 0 Å². The SMILES string of the molecule is CCCCCCCCCC(C)NC(C)C(O)c1ccccc1. The van der Waals surface area contributed by atoms with E-state index >= 15 is 0 Å². The molecule has 0 radical (unpaired) electrons. The monoisotopic (exact) mass is 305 g/mol. The van der Waals surface area contributed by atoms with E-state index in [0.717, 1.165) is 5.56 Å². The summed E-state index contributed by atoms with van der Waals surface area (Å²) in [5.41, 5.74) is 0.991. The lowest BCUT2D eigenvalue weighted by molar-refractivity contribution is 0.129. The smallest absolute Gasteiger partial charge is 0.0940 e. The molecule has 0 saturated carbocycles. The number of hydrogen-bond acceptors (Lipinski definition) is 2. The van der Waals surface area contributed by atoms with Crippen LogP contribution in [-0.2, 0) is 0 Å². The summed E-state index contributed by atoms with van der Waals surface area (Å²) in [6.45, 7) is 6.56. The van der Waals surface area contributed by atoms with E-state index in [1.807, 2.05) is 30.3 Å². The Balaban J connectivity index is 2.14. The van der Waals surface area contributed by atoms with Crippen LogP contribution in [0.25, 0.3) is 0 Å². The number of rotatable bonds is 12. The molecule has 2 heteroatoms. The number of nitrogens with one attached hydrogen (secondary N) is 1. The Hall–Kier alpha value is -0.860. The van der Waals surface area contributed by atoms with Gasteiger partial charge in [-0.05, 0) is 25.8 Å². The van der Waals surface area contributed by atoms with Crippen LogP contribution in [-0.4, -0.2) is 17.2 Å². The molecule has 0 bridgehead atoms. The van der Waals surface area contributed by atoms with Crippen LogP contribution < -0.4 is 5.32 Å². The molecule has 1 aromatic carbocycles. The molecule has 0 spiro atoms. The summed E-state index contributed by atoms with van der Waals surface area (Å²) in [4.78, 5) is 0. The lowest BCUT2D eigenvalue weighted by Gasteiger charge is -2.24. The zero-order chi connectivity index (χ0) is 16.2. The van der Waals surface area contributed by atoms with Gasteiger partial charge < -0.3 is 10.4 Å². The average molecular weight is 306 g/mol. The first kappa shape index (κ1) is 19.2. The Kier molecular flexibility index (Phi) is 10.2. The average Bonchev–Trinajstić information content (AvgIpc) is 2.54. The first-order chi connectivity index (χ1) is 10.6. The zero-order valence-electron chi connectivity index (χ0n) is 14.7. The Morgan fingerprint density at radius 1 is 0.909 bits per heavy atom. The fraction of sp³-hybridized carbons (Fsp3) is 0.700. The Labute approximate surface area is 137 Å². The first-order valence-corrected chi connectivity index (χ1v) is 9.14. The van der Waals surface area contributed by atoms with Crippen molar-refractivity contribution in [1.29, 1.82) is 0 Å². The summed E-state index contributed by atoms with van der Waals surface area (Å²) < 4.78 is 0. The van der Waals surface area contributed by atoms with Gasteiger partial charge in [-0.1, -0.05) is 82.2 Å². The summed E-state index contributed by atoms with van der Waals surface area (Å²) >= 11 is 0. The van der Waals surface area contributed by atoms with Gasteiger partial charge in [0.2, 0.25) is 0 Å². The summed E-state index contributed by atoms with van der Waals surface area (Å²) in [5, 5.41) is 13.9. The standard InChI is InChI=1S/C20H35NO/c1-4-5-6-7-8-9-11-14-17(2)21-18(3)20(22)19-15-12-10-13-16-19/h10,12-13,15-18,20-22H,4-9,11,14H2,1-3H3. The zero-order valence-corrected chi connectivity index (χ0v) is 14.7. The molecule has 0 fully saturated rings. The Morgan fingerprint density at radius 2 is 1.50 bits per heavy atom. The van der Waals surface area contributed by atoms with E-state index in [4.69, 9.17) is 0 Å².